The first kappa shape index (κ1) is 12.2. The van der Waals surface area contributed by atoms with Crippen molar-refractivity contribution in [1.29, 1.82) is 5.41 Å². The molecule has 1 N–H and O–H groups in total. The largest absolute Gasteiger partial charge is 0.462 e. The number of carbonyl (C=O) groups excluding carboxylic acids is 1. The Morgan fingerprint density at radius 3 is 2.50 bits per heavy atom. The number of nitrogens with one attached hydrogen (secondary N) is 1. The number of aryl methyl sites for hydroxylation is 1. The van der Waals surface area contributed by atoms with Gasteiger partial charge < -0.3 is 10.1 Å². The highest BCUT2D eigenvalue weighted by Gasteiger charge is 2.06. The van der Waals surface area contributed by atoms with Gasteiger partial charge in [0, 0.05) is 6.21 Å². The summed E-state index contributed by atoms with van der Waals surface area (Å²) in [5, 5.41) is 7.17. The summed E-state index contributed by atoms with van der Waals surface area (Å²) >= 11 is 0. The zero-order chi connectivity index (χ0) is 12.0. The number of ether oxygens (including phenoxy) is 1. The van der Waals surface area contributed by atoms with Crippen molar-refractivity contribution in [2.24, 2.45) is 0 Å². The molecule has 0 saturated heterocycles. The smallest absolute Gasteiger partial charge is 0.339 e. The lowest BCUT2D eigenvalue weighted by atomic mass is 10.1. The van der Waals surface area contributed by atoms with E-state index in [-0.39, 0.29) is 5.57 Å². The average Bonchev–Trinajstić information content (AvgIpc) is 2.28. The lowest BCUT2D eigenvalue weighted by Crippen LogP contribution is -2.08. The summed E-state index contributed by atoms with van der Waals surface area (Å²) in [6, 6.07) is 7.72. The third-order valence-electron chi connectivity index (χ3n) is 2.07. The van der Waals surface area contributed by atoms with Crippen molar-refractivity contribution in [3.63, 3.8) is 0 Å². The van der Waals surface area contributed by atoms with E-state index in [1.807, 2.05) is 31.2 Å². The number of esters is 1. The zero-order valence-corrected chi connectivity index (χ0v) is 9.49. The summed E-state index contributed by atoms with van der Waals surface area (Å²) < 4.78 is 4.83. The summed E-state index contributed by atoms with van der Waals surface area (Å²) in [4.78, 5) is 11.4. The molecule has 0 amide bonds. The maximum atomic E-state index is 11.4. The third-order valence-corrected chi connectivity index (χ3v) is 2.07. The minimum atomic E-state index is -0.460. The number of hydrogen-bond donors (Lipinski definition) is 1. The molecule has 0 heterocycles. The van der Waals surface area contributed by atoms with Gasteiger partial charge in [-0.25, -0.2) is 4.79 Å². The fraction of sp³-hybridized carbons (Fsp3) is 0.231. The van der Waals surface area contributed by atoms with Crippen molar-refractivity contribution in [2.75, 3.05) is 6.61 Å². The van der Waals surface area contributed by atoms with Crippen LogP contribution in [0.2, 0.25) is 0 Å². The van der Waals surface area contributed by atoms with Crippen LogP contribution in [0.1, 0.15) is 18.1 Å². The monoisotopic (exact) mass is 217 g/mol. The molecule has 0 aliphatic rings. The molecule has 1 rings (SSSR count). The van der Waals surface area contributed by atoms with Gasteiger partial charge in [-0.2, -0.15) is 0 Å². The molecule has 3 heteroatoms. The molecular formula is C13H15NO2. The Bertz CT molecular complexity index is 404. The van der Waals surface area contributed by atoms with Gasteiger partial charge in [0.1, 0.15) is 0 Å². The molecule has 0 aromatic heterocycles. The molecule has 16 heavy (non-hydrogen) atoms. The van der Waals surface area contributed by atoms with Crippen LogP contribution in [0, 0.1) is 12.3 Å². The van der Waals surface area contributed by atoms with Crippen LogP contribution in [0.3, 0.4) is 0 Å². The van der Waals surface area contributed by atoms with Crippen LogP contribution < -0.4 is 0 Å². The van der Waals surface area contributed by atoms with E-state index in [1.54, 1.807) is 13.0 Å². The SMILES string of the molecule is CCOC(=O)/C(C=N)=C/c1ccc(C)cc1. The molecule has 0 unspecified atom stereocenters. The quantitative estimate of drug-likeness (QED) is 0.478. The number of carbonyl (C=O) groups is 1. The van der Waals surface area contributed by atoms with Gasteiger partial charge in [-0.15, -0.1) is 0 Å². The van der Waals surface area contributed by atoms with E-state index >= 15 is 0 Å². The van der Waals surface area contributed by atoms with Gasteiger partial charge in [-0.3, -0.25) is 0 Å². The second-order valence-corrected chi connectivity index (χ2v) is 3.38. The van der Waals surface area contributed by atoms with Crippen LogP contribution in [-0.2, 0) is 9.53 Å². The molecule has 1 aromatic carbocycles. The van der Waals surface area contributed by atoms with Gasteiger partial charge >= 0.3 is 5.97 Å². The summed E-state index contributed by atoms with van der Waals surface area (Å²) in [7, 11) is 0. The minimum absolute atomic E-state index is 0.255. The summed E-state index contributed by atoms with van der Waals surface area (Å²) in [5.41, 5.74) is 2.30. The fourth-order valence-corrected chi connectivity index (χ4v) is 1.22. The highest BCUT2D eigenvalue weighted by atomic mass is 16.5. The van der Waals surface area contributed by atoms with Gasteiger partial charge in [-0.05, 0) is 25.5 Å². The summed E-state index contributed by atoms with van der Waals surface area (Å²) in [6.45, 7) is 4.06. The van der Waals surface area contributed by atoms with Crippen LogP contribution in [0.15, 0.2) is 29.8 Å². The van der Waals surface area contributed by atoms with E-state index < -0.39 is 5.97 Å². The van der Waals surface area contributed by atoms with E-state index in [9.17, 15) is 4.79 Å². The predicted octanol–water partition coefficient (Wildman–Crippen LogP) is 2.59. The maximum Gasteiger partial charge on any atom is 0.339 e. The number of benzene rings is 1. The molecule has 0 aliphatic carbocycles. The Kier molecular flexibility index (Phi) is 4.45. The van der Waals surface area contributed by atoms with Crippen molar-refractivity contribution in [2.45, 2.75) is 13.8 Å². The molecule has 0 spiro atoms. The van der Waals surface area contributed by atoms with Crippen LogP contribution >= 0.6 is 0 Å². The van der Waals surface area contributed by atoms with Crippen LogP contribution in [0.5, 0.6) is 0 Å². The summed E-state index contributed by atoms with van der Waals surface area (Å²) in [6.07, 6.45) is 2.66. The average molecular weight is 217 g/mol. The standard InChI is InChI=1S/C13H15NO2/c1-3-16-13(15)12(9-14)8-11-6-4-10(2)5-7-11/h4-9,14H,3H2,1-2H3/b12-8+,14-9?. The highest BCUT2D eigenvalue weighted by molar-refractivity contribution is 6.12. The van der Waals surface area contributed by atoms with Crippen molar-refractivity contribution in [3.05, 3.63) is 41.0 Å². The van der Waals surface area contributed by atoms with E-state index in [4.69, 9.17) is 10.1 Å². The molecule has 0 fully saturated rings. The van der Waals surface area contributed by atoms with Gasteiger partial charge in [-0.1, -0.05) is 29.8 Å². The molecule has 0 aliphatic heterocycles. The van der Waals surface area contributed by atoms with E-state index in [1.165, 1.54) is 0 Å². The second kappa shape index (κ2) is 5.85. The normalized spacial score (nSPS) is 11.0. The van der Waals surface area contributed by atoms with E-state index in [2.05, 4.69) is 0 Å². The van der Waals surface area contributed by atoms with Gasteiger partial charge in [0.05, 0.1) is 12.2 Å². The lowest BCUT2D eigenvalue weighted by Gasteiger charge is -2.01. The van der Waals surface area contributed by atoms with Gasteiger partial charge in [0.25, 0.3) is 0 Å². The van der Waals surface area contributed by atoms with Crippen LogP contribution in [-0.4, -0.2) is 18.8 Å². The van der Waals surface area contributed by atoms with Gasteiger partial charge in [0.2, 0.25) is 0 Å². The minimum Gasteiger partial charge on any atom is -0.462 e. The van der Waals surface area contributed by atoms with Crippen molar-refractivity contribution >= 4 is 18.3 Å². The summed E-state index contributed by atoms with van der Waals surface area (Å²) in [5.74, 6) is -0.460. The predicted molar refractivity (Wildman–Crippen MR) is 64.6 cm³/mol. The Balaban J connectivity index is 2.91. The van der Waals surface area contributed by atoms with Crippen molar-refractivity contribution in [3.8, 4) is 0 Å². The molecule has 3 nitrogen and oxygen atoms in total. The topological polar surface area (TPSA) is 50.2 Å². The van der Waals surface area contributed by atoms with Crippen molar-refractivity contribution < 1.29 is 9.53 Å². The highest BCUT2D eigenvalue weighted by Crippen LogP contribution is 2.08. The molecule has 0 radical (unpaired) electrons. The fourth-order valence-electron chi connectivity index (χ4n) is 1.22. The van der Waals surface area contributed by atoms with Crippen molar-refractivity contribution in [1.82, 2.24) is 0 Å². The molecule has 84 valence electrons. The lowest BCUT2D eigenvalue weighted by molar-refractivity contribution is -0.137. The van der Waals surface area contributed by atoms with E-state index in [0.29, 0.717) is 6.61 Å². The van der Waals surface area contributed by atoms with Crippen LogP contribution in [0.4, 0.5) is 0 Å². The number of rotatable bonds is 4. The number of hydrogen-bond acceptors (Lipinski definition) is 3. The molecule has 0 atom stereocenters. The van der Waals surface area contributed by atoms with Crippen LogP contribution in [0.25, 0.3) is 6.08 Å². The first-order valence-electron chi connectivity index (χ1n) is 5.13. The Hall–Kier alpha value is -1.90. The van der Waals surface area contributed by atoms with Gasteiger partial charge in [0.15, 0.2) is 0 Å². The first-order valence-corrected chi connectivity index (χ1v) is 5.13. The maximum absolute atomic E-state index is 11.4. The zero-order valence-electron chi connectivity index (χ0n) is 9.49. The Morgan fingerprint density at radius 1 is 1.38 bits per heavy atom. The molecule has 1 aromatic rings. The first-order chi connectivity index (χ1) is 7.67. The third kappa shape index (κ3) is 3.35. The Labute approximate surface area is 95.3 Å². The second-order valence-electron chi connectivity index (χ2n) is 3.38. The van der Waals surface area contributed by atoms with E-state index in [0.717, 1.165) is 17.3 Å². The molecule has 0 saturated carbocycles. The molecule has 0 bridgehead atoms. The molecular weight excluding hydrogens is 202 g/mol. The Morgan fingerprint density at radius 2 is 2.00 bits per heavy atom.